The van der Waals surface area contributed by atoms with Crippen molar-refractivity contribution in [3.63, 3.8) is 0 Å². The molecular formula is C50H52Cl2F6N4O5. The van der Waals surface area contributed by atoms with Gasteiger partial charge in [-0.1, -0.05) is 59.6 Å². The van der Waals surface area contributed by atoms with Gasteiger partial charge in [-0.15, -0.1) is 0 Å². The molecule has 2 fully saturated rings. The average molecular weight is 974 g/mol. The number of piperidine rings is 1. The molecule has 8 rings (SSSR count). The number of hydrogen-bond donors (Lipinski definition) is 1. The van der Waals surface area contributed by atoms with Crippen molar-refractivity contribution < 1.29 is 50.2 Å². The fourth-order valence-corrected chi connectivity index (χ4v) is 10.6. The zero-order chi connectivity index (χ0) is 47.7. The van der Waals surface area contributed by atoms with Crippen LogP contribution in [0.4, 0.5) is 32.0 Å². The topological polar surface area (TPSA) is 91.4 Å². The highest BCUT2D eigenvalue weighted by Crippen LogP contribution is 2.48. The molecule has 0 bridgehead atoms. The van der Waals surface area contributed by atoms with Gasteiger partial charge in [0.05, 0.1) is 40.4 Å². The molecule has 9 nitrogen and oxygen atoms in total. The summed E-state index contributed by atoms with van der Waals surface area (Å²) in [6, 6.07) is 20.1. The van der Waals surface area contributed by atoms with Crippen molar-refractivity contribution >= 4 is 46.6 Å². The predicted molar refractivity (Wildman–Crippen MR) is 242 cm³/mol. The number of hydrogen-bond acceptors (Lipinski definition) is 6. The molecule has 0 aromatic heterocycles. The number of rotatable bonds is 13. The van der Waals surface area contributed by atoms with Gasteiger partial charge in [0, 0.05) is 49.8 Å². The van der Waals surface area contributed by atoms with Gasteiger partial charge in [-0.2, -0.15) is 26.3 Å². The van der Waals surface area contributed by atoms with Gasteiger partial charge in [0.1, 0.15) is 12.2 Å². The molecular weight excluding hydrogens is 921 g/mol. The maximum Gasteiger partial charge on any atom is 0.416 e. The quantitative estimate of drug-likeness (QED) is 0.134. The number of halogens is 8. The van der Waals surface area contributed by atoms with Crippen molar-refractivity contribution in [3.8, 4) is 0 Å². The maximum absolute atomic E-state index is 13.9. The third-order valence-corrected chi connectivity index (χ3v) is 14.8. The van der Waals surface area contributed by atoms with Crippen LogP contribution in [0.25, 0.3) is 0 Å². The van der Waals surface area contributed by atoms with Crippen LogP contribution in [0.1, 0.15) is 87.8 Å². The van der Waals surface area contributed by atoms with Crippen molar-refractivity contribution in [3.05, 3.63) is 133 Å². The number of amides is 3. The van der Waals surface area contributed by atoms with Crippen LogP contribution in [0.15, 0.2) is 78.9 Å². The van der Waals surface area contributed by atoms with E-state index in [-0.39, 0.29) is 72.2 Å². The van der Waals surface area contributed by atoms with Gasteiger partial charge in [-0.3, -0.25) is 14.4 Å². The van der Waals surface area contributed by atoms with E-state index in [4.69, 9.17) is 32.7 Å². The lowest BCUT2D eigenvalue weighted by Gasteiger charge is -2.46. The third-order valence-electron chi connectivity index (χ3n) is 14.0. The molecule has 358 valence electrons. The fraction of sp³-hybridized carbons (Fsp3) is 0.460. The number of likely N-dealkylation sites (tertiary alicyclic amines) is 1. The summed E-state index contributed by atoms with van der Waals surface area (Å²) in [6.07, 6.45) is -4.15. The second kappa shape index (κ2) is 19.7. The third kappa shape index (κ3) is 10.8. The van der Waals surface area contributed by atoms with E-state index in [2.05, 4.69) is 28.4 Å². The largest absolute Gasteiger partial charge is 0.416 e. The van der Waals surface area contributed by atoms with E-state index in [0.29, 0.717) is 76.0 Å². The Morgan fingerprint density at radius 3 is 2.28 bits per heavy atom. The van der Waals surface area contributed by atoms with Crippen LogP contribution in [-0.2, 0) is 61.7 Å². The molecule has 0 radical (unpaired) electrons. The first-order valence-electron chi connectivity index (χ1n) is 22.6. The summed E-state index contributed by atoms with van der Waals surface area (Å²) in [5, 5.41) is 3.46. The van der Waals surface area contributed by atoms with Crippen molar-refractivity contribution in [1.29, 1.82) is 0 Å². The summed E-state index contributed by atoms with van der Waals surface area (Å²) in [7, 11) is 1.71. The second-order valence-electron chi connectivity index (χ2n) is 18.2. The number of nitrogens with one attached hydrogen (secondary N) is 1. The van der Waals surface area contributed by atoms with Crippen LogP contribution in [0.3, 0.4) is 0 Å². The highest BCUT2D eigenvalue weighted by molar-refractivity contribution is 6.42. The molecule has 4 aliphatic rings. The number of nitrogens with zero attached hydrogens (tertiary/aromatic N) is 3. The Labute approximate surface area is 395 Å². The van der Waals surface area contributed by atoms with E-state index in [9.17, 15) is 40.7 Å². The first kappa shape index (κ1) is 48.8. The molecule has 4 aromatic rings. The summed E-state index contributed by atoms with van der Waals surface area (Å²) in [5.41, 5.74) is 0.829. The number of carbonyl (C=O) groups is 3. The Morgan fingerprint density at radius 2 is 1.57 bits per heavy atom. The number of alkyl halides is 6. The molecule has 0 unspecified atom stereocenters. The zero-order valence-electron chi connectivity index (χ0n) is 37.0. The Kier molecular flexibility index (Phi) is 14.4. The number of ether oxygens (including phenoxy) is 2. The van der Waals surface area contributed by atoms with Gasteiger partial charge >= 0.3 is 12.4 Å². The summed E-state index contributed by atoms with van der Waals surface area (Å²) in [4.78, 5) is 45.1. The molecule has 3 amide bonds. The number of fused-ring (bicyclic) bond motifs is 3. The first-order valence-corrected chi connectivity index (χ1v) is 23.4. The van der Waals surface area contributed by atoms with Gasteiger partial charge in [-0.05, 0) is 135 Å². The molecule has 67 heavy (non-hydrogen) atoms. The van der Waals surface area contributed by atoms with Crippen LogP contribution < -0.4 is 5.32 Å². The van der Waals surface area contributed by atoms with Crippen LogP contribution >= 0.6 is 23.2 Å². The Bertz CT molecular complexity index is 2460. The van der Waals surface area contributed by atoms with Gasteiger partial charge in [0.2, 0.25) is 11.8 Å². The summed E-state index contributed by atoms with van der Waals surface area (Å²) < 4.78 is 95.7. The molecule has 2 aliphatic heterocycles. The number of morpholine rings is 1. The normalized spacial score (nSPS) is 20.4. The van der Waals surface area contributed by atoms with E-state index in [1.807, 2.05) is 24.3 Å². The molecule has 1 N–H and O–H groups in total. The molecule has 4 aromatic carbocycles. The minimum Gasteiger partial charge on any atom is -0.367 e. The number of benzene rings is 4. The summed E-state index contributed by atoms with van der Waals surface area (Å²) in [6.45, 7) is 1.73. The number of likely N-dealkylation sites (N-methyl/N-ethyl adjacent to an activating group) is 1. The standard InChI is InChI=1S/C50H52Cl2F6N4O5/c1-60(18-5-10-44(63)59-39-13-11-32-7-4-8-33(32)26-39)45(64)30-66-43-27-34-6-2-3-9-40(34)47(43)15-19-61(20-16-47)21-17-48(36-12-14-41(51)42(52)29-36)31-62(22-23-67-48)46(65)35-24-37(49(53,54)55)28-38(25-35)50(56,57)58/h2-3,6,9,11-14,24-26,28-29,43H,4-5,7-8,10,15-23,27,30-31H2,1H3,(H,59,63)/t43-,48-/m0/s1. The van der Waals surface area contributed by atoms with Crippen molar-refractivity contribution in [1.82, 2.24) is 14.7 Å². The molecule has 2 atom stereocenters. The molecule has 0 saturated carbocycles. The SMILES string of the molecule is CN(CCCC(=O)Nc1ccc2c(c1)CCC2)C(=O)CO[C@H]1Cc2ccccc2C12CCN(CC[C@@]1(c3ccc(Cl)c(Cl)c3)CN(C(=O)c3cc(C(F)(F)F)cc(C(F)(F)F)c3)CCO1)CC2. The zero-order valence-corrected chi connectivity index (χ0v) is 38.5. The van der Waals surface area contributed by atoms with Crippen molar-refractivity contribution in [2.45, 2.75) is 87.3 Å². The van der Waals surface area contributed by atoms with Gasteiger partial charge in [-0.25, -0.2) is 0 Å². The molecule has 2 saturated heterocycles. The fourth-order valence-electron chi connectivity index (χ4n) is 10.3. The van der Waals surface area contributed by atoms with Crippen LogP contribution in [0, 0.1) is 0 Å². The monoisotopic (exact) mass is 972 g/mol. The minimum absolute atomic E-state index is 0.00158. The van der Waals surface area contributed by atoms with E-state index >= 15 is 0 Å². The lowest BCUT2D eigenvalue weighted by Crippen LogP contribution is -2.54. The van der Waals surface area contributed by atoms with Gasteiger partial charge < -0.3 is 29.5 Å². The lowest BCUT2D eigenvalue weighted by molar-refractivity contribution is -0.143. The number of carbonyl (C=O) groups excluding carboxylic acids is 3. The van der Waals surface area contributed by atoms with E-state index < -0.39 is 40.6 Å². The molecule has 1 spiro atoms. The number of aryl methyl sites for hydroxylation is 2. The second-order valence-corrected chi connectivity index (χ2v) is 19.0. The van der Waals surface area contributed by atoms with Crippen LogP contribution in [0.2, 0.25) is 10.0 Å². The minimum atomic E-state index is -5.12. The Morgan fingerprint density at radius 1 is 0.851 bits per heavy atom. The molecule has 2 heterocycles. The molecule has 2 aliphatic carbocycles. The smallest absolute Gasteiger partial charge is 0.367 e. The summed E-state index contributed by atoms with van der Waals surface area (Å²) in [5.74, 6) is -1.27. The lowest BCUT2D eigenvalue weighted by atomic mass is 9.72. The number of anilines is 1. The maximum atomic E-state index is 13.9. The average Bonchev–Trinajstić information content (AvgIpc) is 3.89. The van der Waals surface area contributed by atoms with Gasteiger partial charge in [0.25, 0.3) is 5.91 Å². The van der Waals surface area contributed by atoms with Gasteiger partial charge in [0.15, 0.2) is 0 Å². The predicted octanol–water partition coefficient (Wildman–Crippen LogP) is 10.1. The van der Waals surface area contributed by atoms with E-state index in [0.717, 1.165) is 30.5 Å². The van der Waals surface area contributed by atoms with E-state index in [1.165, 1.54) is 21.6 Å². The summed E-state index contributed by atoms with van der Waals surface area (Å²) >= 11 is 12.8. The van der Waals surface area contributed by atoms with Crippen LogP contribution in [-0.4, -0.2) is 98.1 Å². The molecule has 17 heteroatoms. The van der Waals surface area contributed by atoms with E-state index in [1.54, 1.807) is 30.1 Å². The highest BCUT2D eigenvalue weighted by Gasteiger charge is 2.50. The Balaban J connectivity index is 0.908. The Hall–Kier alpha value is -4.67. The van der Waals surface area contributed by atoms with Crippen LogP contribution in [0.5, 0.6) is 0 Å². The van der Waals surface area contributed by atoms with Crippen molar-refractivity contribution in [2.75, 3.05) is 64.8 Å². The first-order chi connectivity index (χ1) is 31.8. The van der Waals surface area contributed by atoms with Crippen molar-refractivity contribution in [2.24, 2.45) is 0 Å². The highest BCUT2D eigenvalue weighted by atomic mass is 35.5.